The van der Waals surface area contributed by atoms with Gasteiger partial charge in [-0.25, -0.2) is 0 Å². The molecule has 0 atom stereocenters. The third-order valence-corrected chi connectivity index (χ3v) is 0. The summed E-state index contributed by atoms with van der Waals surface area (Å²) < 4.78 is 0. The molecule has 0 aliphatic heterocycles. The number of rotatable bonds is 0. The summed E-state index contributed by atoms with van der Waals surface area (Å²) in [4.78, 5) is 0. The van der Waals surface area contributed by atoms with Crippen molar-refractivity contribution in [2.24, 2.45) is 0 Å². The molecule has 0 unspecified atom stereocenters. The zero-order chi connectivity index (χ0) is 2.00. The molecule has 0 saturated heterocycles. The first-order valence-corrected chi connectivity index (χ1v) is 0.900. The van der Waals surface area contributed by atoms with Crippen molar-refractivity contribution in [1.82, 2.24) is 0 Å². The molecule has 0 aromatic carbocycles. The van der Waals surface area contributed by atoms with Gasteiger partial charge in [0.05, 0.1) is 0 Å². The van der Waals surface area contributed by atoms with E-state index in [2.05, 4.69) is 21.0 Å². The van der Waals surface area contributed by atoms with Crippen LogP contribution in [0.1, 0.15) is 0 Å². The molecule has 0 bridgehead atoms. The van der Waals surface area contributed by atoms with Crippen molar-refractivity contribution in [1.29, 1.82) is 0 Å². The van der Waals surface area contributed by atoms with E-state index in [0.29, 0.717) is 0 Å². The average Bonchev–Trinajstić information content (AvgIpc) is 1.00. The fraction of sp³-hybridized carbons (Fsp3) is 0. The van der Waals surface area contributed by atoms with Gasteiger partial charge in [0.1, 0.15) is 0 Å². The van der Waals surface area contributed by atoms with Gasteiger partial charge >= 0.3 is 21.0 Å². The van der Waals surface area contributed by atoms with Gasteiger partial charge in [-0.05, 0) is 0 Å². The van der Waals surface area contributed by atoms with Crippen molar-refractivity contribution in [3.63, 3.8) is 0 Å². The van der Waals surface area contributed by atoms with Crippen molar-refractivity contribution in [2.45, 2.75) is 0 Å². The van der Waals surface area contributed by atoms with Gasteiger partial charge in [0, 0.05) is 34.1 Å². The van der Waals surface area contributed by atoms with E-state index in [1.165, 1.54) is 0 Å². The van der Waals surface area contributed by atoms with Crippen LogP contribution in [0.5, 0.6) is 0 Å². The largest absolute Gasteiger partial charge is 0 e. The van der Waals surface area contributed by atoms with E-state index in [0.717, 1.165) is 0 Å². The fourth-order valence-corrected chi connectivity index (χ4v) is 0. The molecule has 0 amide bonds. The topological polar surface area (TPSA) is 0 Å². The minimum absolute atomic E-state index is 0. The van der Waals surface area contributed by atoms with Crippen LogP contribution in [0.15, 0.2) is 0 Å². The van der Waals surface area contributed by atoms with Crippen molar-refractivity contribution >= 4 is 5.42 Å². The van der Waals surface area contributed by atoms with Gasteiger partial charge in [-0.2, -0.15) is 0 Å². The third-order valence-electron chi connectivity index (χ3n) is 0. The molecule has 0 aliphatic rings. The van der Waals surface area contributed by atoms with Crippen LogP contribution in [0.25, 0.3) is 0 Å². The molecule has 0 spiro atoms. The zero-order valence-corrected chi connectivity index (χ0v) is 5.25. The first kappa shape index (κ1) is 18.1. The average molecular weight is 178 g/mol. The molecule has 0 aromatic heterocycles. The maximum Gasteiger partial charge on any atom is 0 e. The summed E-state index contributed by atoms with van der Waals surface area (Å²) in [5, 5.41) is 0. The Labute approximate surface area is 55.0 Å². The summed E-state index contributed by atoms with van der Waals surface area (Å²) >= 11 is 2.44. The summed E-state index contributed by atoms with van der Waals surface area (Å²) in [5.74, 6) is 0. The van der Waals surface area contributed by atoms with Gasteiger partial charge in [0.2, 0.25) is 0 Å². The second kappa shape index (κ2) is 25.5. The molecule has 0 rings (SSSR count). The Balaban J connectivity index is -0.00000000500. The second-order valence-electron chi connectivity index (χ2n) is 0. The first-order chi connectivity index (χ1) is 1.00. The number of hydrogen-bond acceptors (Lipinski definition) is 0. The van der Waals surface area contributed by atoms with E-state index in [9.17, 15) is 0 Å². The molecule has 2 radical (unpaired) electrons. The maximum atomic E-state index is 4.31. The fourth-order valence-electron chi connectivity index (χ4n) is 0. The molecule has 0 aromatic rings. The minimum Gasteiger partial charge on any atom is 0 e. The Morgan fingerprint density at radius 2 is 1.00 bits per heavy atom. The van der Waals surface area contributed by atoms with Crippen molar-refractivity contribution < 1.29 is 49.7 Å². The maximum absolute atomic E-state index is 4.31. The van der Waals surface area contributed by atoms with Crippen molar-refractivity contribution in [3.05, 3.63) is 0 Å². The summed E-state index contributed by atoms with van der Waals surface area (Å²) in [6, 6.07) is 0. The van der Waals surface area contributed by atoms with E-state index in [1.54, 1.807) is 0 Å². The quantitative estimate of drug-likeness (QED) is 0.357. The monoisotopic (exact) mass is 178 g/mol. The zero-order valence-electron chi connectivity index (χ0n) is 1.71. The third kappa shape index (κ3) is 9.91. The molecule has 0 aliphatic carbocycles. The van der Waals surface area contributed by atoms with Gasteiger partial charge in [0.15, 0.2) is 0 Å². The van der Waals surface area contributed by atoms with Crippen LogP contribution >= 0.6 is 0 Å². The molecule has 0 N–H and O–H groups in total. The van der Waals surface area contributed by atoms with E-state index in [4.69, 9.17) is 0 Å². The molecule has 27 valence electrons. The van der Waals surface area contributed by atoms with Gasteiger partial charge in [0.25, 0.3) is 0 Å². The van der Waals surface area contributed by atoms with E-state index in [1.807, 2.05) is 0 Å². The van der Waals surface area contributed by atoms with Crippen LogP contribution < -0.4 is 0 Å². The molecular formula is CHMn3-. The van der Waals surface area contributed by atoms with Crippen LogP contribution in [0.2, 0.25) is 0 Å². The van der Waals surface area contributed by atoms with Crippen LogP contribution in [-0.2, 0) is 49.7 Å². The van der Waals surface area contributed by atoms with Crippen LogP contribution in [0, 0.1) is 0 Å². The molecule has 0 nitrogen and oxygen atoms in total. The minimum atomic E-state index is 0. The number of hydrogen-bond donors (Lipinski definition) is 0. The van der Waals surface area contributed by atoms with E-state index >= 15 is 0 Å². The normalized spacial score (nSPS) is 1.00. The summed E-state index contributed by atoms with van der Waals surface area (Å²) in [7, 11) is 0. The van der Waals surface area contributed by atoms with E-state index < -0.39 is 0 Å². The second-order valence-corrected chi connectivity index (χ2v) is 0. The Morgan fingerprint density at radius 1 is 1.00 bits per heavy atom. The molecular weight excluding hydrogens is 177 g/mol. The predicted molar refractivity (Wildman–Crippen MR) is 6.06 cm³/mol. The Hall–Kier alpha value is 1.43. The predicted octanol–water partition coefficient (Wildman–Crippen LogP) is -0.163. The molecule has 3 heteroatoms. The molecule has 0 saturated carbocycles. The molecule has 0 fully saturated rings. The Morgan fingerprint density at radius 3 is 1.00 bits per heavy atom. The molecule has 0 heterocycles. The van der Waals surface area contributed by atoms with Gasteiger partial charge in [-0.15, -0.1) is 0 Å². The Kier molecular flexibility index (Phi) is 115. The van der Waals surface area contributed by atoms with Crippen LogP contribution in [0.4, 0.5) is 0 Å². The summed E-state index contributed by atoms with van der Waals surface area (Å²) in [6.45, 7) is 0. The standard InChI is InChI=1S/CH.3Mn/h1H;;;/q-1;;;. The van der Waals surface area contributed by atoms with Gasteiger partial charge in [-0.3, -0.25) is 0 Å². The van der Waals surface area contributed by atoms with Crippen molar-refractivity contribution in [3.8, 4) is 0 Å². The summed E-state index contributed by atoms with van der Waals surface area (Å²) in [6.07, 6.45) is 0. The van der Waals surface area contributed by atoms with Crippen molar-refractivity contribution in [2.75, 3.05) is 0 Å². The summed E-state index contributed by atoms with van der Waals surface area (Å²) in [5.41, 5.74) is 4.31. The van der Waals surface area contributed by atoms with Crippen LogP contribution in [0.3, 0.4) is 0 Å². The van der Waals surface area contributed by atoms with Gasteiger partial charge < -0.3 is 0 Å². The first-order valence-electron chi connectivity index (χ1n) is 0.218. The SMILES string of the molecule is [CH-]=[Mn].[Mn].[Mn]. The smallest absolute Gasteiger partial charge is 0 e. The van der Waals surface area contributed by atoms with E-state index in [-0.39, 0.29) is 34.1 Å². The van der Waals surface area contributed by atoms with Crippen LogP contribution in [-0.4, -0.2) is 5.42 Å². The molecule has 4 heavy (non-hydrogen) atoms. The van der Waals surface area contributed by atoms with Gasteiger partial charge in [-0.1, -0.05) is 0 Å². The Bertz CT molecular complexity index is 3.25.